The Labute approximate surface area is 145 Å². The van der Waals surface area contributed by atoms with Gasteiger partial charge in [-0.2, -0.15) is 0 Å². The lowest BCUT2D eigenvalue weighted by molar-refractivity contribution is 0.0529. The van der Waals surface area contributed by atoms with Crippen LogP contribution in [0.15, 0.2) is 51.5 Å². The molecule has 0 atom stereocenters. The molecule has 0 aliphatic carbocycles. The highest BCUT2D eigenvalue weighted by Gasteiger charge is 2.25. The Bertz CT molecular complexity index is 920. The van der Waals surface area contributed by atoms with Gasteiger partial charge in [-0.3, -0.25) is 15.1 Å². The predicted molar refractivity (Wildman–Crippen MR) is 92.1 cm³/mol. The third-order valence-electron chi connectivity index (χ3n) is 3.27. The SMILES string of the molecule is CCOC(=O)c1c(NC(=O)c2ccccc2Br)oc2cccnc12. The van der Waals surface area contributed by atoms with Crippen molar-refractivity contribution in [1.82, 2.24) is 4.98 Å². The van der Waals surface area contributed by atoms with Crippen molar-refractivity contribution in [3.8, 4) is 0 Å². The first-order valence-corrected chi connectivity index (χ1v) is 8.01. The van der Waals surface area contributed by atoms with Crippen molar-refractivity contribution in [3.63, 3.8) is 0 Å². The van der Waals surface area contributed by atoms with Crippen molar-refractivity contribution in [2.75, 3.05) is 11.9 Å². The van der Waals surface area contributed by atoms with E-state index in [9.17, 15) is 9.59 Å². The fourth-order valence-electron chi connectivity index (χ4n) is 2.23. The number of halogens is 1. The van der Waals surface area contributed by atoms with E-state index in [1.54, 1.807) is 49.5 Å². The van der Waals surface area contributed by atoms with Crippen LogP contribution >= 0.6 is 15.9 Å². The van der Waals surface area contributed by atoms with E-state index in [4.69, 9.17) is 9.15 Å². The van der Waals surface area contributed by atoms with E-state index >= 15 is 0 Å². The predicted octanol–water partition coefficient (Wildman–Crippen LogP) is 4.02. The molecule has 0 aliphatic heterocycles. The zero-order valence-corrected chi connectivity index (χ0v) is 14.3. The van der Waals surface area contributed by atoms with E-state index in [0.29, 0.717) is 21.1 Å². The number of amides is 1. The number of carbonyl (C=O) groups excluding carboxylic acids is 2. The number of ether oxygens (including phenoxy) is 1. The number of esters is 1. The molecule has 24 heavy (non-hydrogen) atoms. The lowest BCUT2D eigenvalue weighted by Crippen LogP contribution is -2.15. The maximum Gasteiger partial charge on any atom is 0.345 e. The standard InChI is InChI=1S/C17H13BrN2O4/c1-2-23-17(22)13-14-12(8-5-9-19-14)24-16(13)20-15(21)10-6-3-4-7-11(10)18/h3-9H,2H2,1H3,(H,20,21). The first-order chi connectivity index (χ1) is 11.6. The Balaban J connectivity index is 2.03. The van der Waals surface area contributed by atoms with Crippen molar-refractivity contribution in [1.29, 1.82) is 0 Å². The monoisotopic (exact) mass is 388 g/mol. The lowest BCUT2D eigenvalue weighted by atomic mass is 10.2. The van der Waals surface area contributed by atoms with Gasteiger partial charge in [0.05, 0.1) is 12.2 Å². The summed E-state index contributed by atoms with van der Waals surface area (Å²) >= 11 is 3.32. The summed E-state index contributed by atoms with van der Waals surface area (Å²) in [5.74, 6) is -0.993. The maximum absolute atomic E-state index is 12.5. The Morgan fingerprint density at radius 3 is 2.79 bits per heavy atom. The number of benzene rings is 1. The van der Waals surface area contributed by atoms with Crippen LogP contribution in [-0.4, -0.2) is 23.5 Å². The molecule has 0 bridgehead atoms. The van der Waals surface area contributed by atoms with Gasteiger partial charge in [-0.25, -0.2) is 4.79 Å². The molecule has 0 saturated heterocycles. The number of hydrogen-bond donors (Lipinski definition) is 1. The second-order valence-corrected chi connectivity index (χ2v) is 5.67. The number of carbonyl (C=O) groups is 2. The van der Waals surface area contributed by atoms with Gasteiger partial charge in [-0.15, -0.1) is 0 Å². The largest absolute Gasteiger partial charge is 0.462 e. The van der Waals surface area contributed by atoms with Gasteiger partial charge in [0.1, 0.15) is 11.1 Å². The van der Waals surface area contributed by atoms with Crippen LogP contribution < -0.4 is 5.32 Å². The fourth-order valence-corrected chi connectivity index (χ4v) is 2.69. The summed E-state index contributed by atoms with van der Waals surface area (Å²) in [5, 5.41) is 2.62. The van der Waals surface area contributed by atoms with Crippen LogP contribution in [0.25, 0.3) is 11.1 Å². The van der Waals surface area contributed by atoms with Gasteiger partial charge < -0.3 is 9.15 Å². The summed E-state index contributed by atoms with van der Waals surface area (Å²) in [6.07, 6.45) is 1.54. The molecule has 6 nitrogen and oxygen atoms in total. The first-order valence-electron chi connectivity index (χ1n) is 7.22. The first kappa shape index (κ1) is 16.2. The van der Waals surface area contributed by atoms with Crippen LogP contribution in [0.2, 0.25) is 0 Å². The van der Waals surface area contributed by atoms with Crippen LogP contribution in [0.3, 0.4) is 0 Å². The molecule has 0 radical (unpaired) electrons. The van der Waals surface area contributed by atoms with E-state index in [-0.39, 0.29) is 18.1 Å². The van der Waals surface area contributed by atoms with Crippen molar-refractivity contribution < 1.29 is 18.7 Å². The van der Waals surface area contributed by atoms with E-state index in [2.05, 4.69) is 26.2 Å². The third kappa shape index (κ3) is 3.03. The normalized spacial score (nSPS) is 10.6. The van der Waals surface area contributed by atoms with Crippen LogP contribution in [0.4, 0.5) is 5.88 Å². The number of rotatable bonds is 4. The lowest BCUT2D eigenvalue weighted by Gasteiger charge is -2.06. The highest BCUT2D eigenvalue weighted by molar-refractivity contribution is 9.10. The number of nitrogens with one attached hydrogen (secondary N) is 1. The Kier molecular flexibility index (Phi) is 4.61. The number of nitrogens with zero attached hydrogens (tertiary/aromatic N) is 1. The summed E-state index contributed by atoms with van der Waals surface area (Å²) in [6.45, 7) is 1.91. The highest BCUT2D eigenvalue weighted by Crippen LogP contribution is 2.30. The van der Waals surface area contributed by atoms with E-state index in [1.165, 1.54) is 0 Å². The van der Waals surface area contributed by atoms with Crippen molar-refractivity contribution in [2.45, 2.75) is 6.92 Å². The minimum Gasteiger partial charge on any atom is -0.462 e. The minimum absolute atomic E-state index is 0.0166. The zero-order valence-electron chi connectivity index (χ0n) is 12.7. The number of furan rings is 1. The number of aromatic nitrogens is 1. The van der Waals surface area contributed by atoms with Gasteiger partial charge in [0, 0.05) is 10.7 Å². The van der Waals surface area contributed by atoms with Gasteiger partial charge in [-0.1, -0.05) is 12.1 Å². The second kappa shape index (κ2) is 6.84. The quantitative estimate of drug-likeness (QED) is 0.682. The number of fused-ring (bicyclic) bond motifs is 1. The molecule has 0 aliphatic rings. The maximum atomic E-state index is 12.5. The number of hydrogen-bond acceptors (Lipinski definition) is 5. The van der Waals surface area contributed by atoms with Crippen molar-refractivity contribution in [3.05, 3.63) is 58.2 Å². The Morgan fingerprint density at radius 2 is 2.04 bits per heavy atom. The molecule has 122 valence electrons. The van der Waals surface area contributed by atoms with Crippen LogP contribution in [0.1, 0.15) is 27.6 Å². The Morgan fingerprint density at radius 1 is 1.25 bits per heavy atom. The number of anilines is 1. The molecular weight excluding hydrogens is 376 g/mol. The molecule has 1 amide bonds. The fraction of sp³-hybridized carbons (Fsp3) is 0.118. The molecule has 3 aromatic rings. The van der Waals surface area contributed by atoms with Gasteiger partial charge in [0.25, 0.3) is 5.91 Å². The molecule has 7 heteroatoms. The second-order valence-electron chi connectivity index (χ2n) is 4.81. The molecule has 0 fully saturated rings. The summed E-state index contributed by atoms with van der Waals surface area (Å²) in [6, 6.07) is 10.3. The molecule has 2 heterocycles. The van der Waals surface area contributed by atoms with Crippen molar-refractivity contribution in [2.24, 2.45) is 0 Å². The summed E-state index contributed by atoms with van der Waals surface area (Å²) < 4.78 is 11.3. The molecule has 2 aromatic heterocycles. The van der Waals surface area contributed by atoms with E-state index in [1.807, 2.05) is 0 Å². The van der Waals surface area contributed by atoms with Gasteiger partial charge >= 0.3 is 5.97 Å². The molecule has 1 aromatic carbocycles. The average molecular weight is 389 g/mol. The average Bonchev–Trinajstić information content (AvgIpc) is 2.93. The zero-order chi connectivity index (χ0) is 17.1. The summed E-state index contributed by atoms with van der Waals surface area (Å²) in [4.78, 5) is 28.9. The summed E-state index contributed by atoms with van der Waals surface area (Å²) in [5.41, 5.74) is 1.26. The molecule has 0 saturated carbocycles. The van der Waals surface area contributed by atoms with Gasteiger partial charge in [0.2, 0.25) is 5.88 Å². The number of pyridine rings is 1. The molecule has 3 rings (SSSR count). The Hall–Kier alpha value is -2.67. The third-order valence-corrected chi connectivity index (χ3v) is 3.96. The van der Waals surface area contributed by atoms with E-state index < -0.39 is 11.9 Å². The molecule has 0 spiro atoms. The van der Waals surface area contributed by atoms with Crippen LogP contribution in [0, 0.1) is 0 Å². The topological polar surface area (TPSA) is 81.4 Å². The highest BCUT2D eigenvalue weighted by atomic mass is 79.9. The van der Waals surface area contributed by atoms with Crippen molar-refractivity contribution >= 4 is 44.8 Å². The molecule has 0 unspecified atom stereocenters. The molecule has 1 N–H and O–H groups in total. The van der Waals surface area contributed by atoms with Crippen LogP contribution in [-0.2, 0) is 4.74 Å². The van der Waals surface area contributed by atoms with Crippen LogP contribution in [0.5, 0.6) is 0 Å². The minimum atomic E-state index is -0.600. The summed E-state index contributed by atoms with van der Waals surface area (Å²) in [7, 11) is 0. The van der Waals surface area contributed by atoms with Gasteiger partial charge in [0.15, 0.2) is 5.58 Å². The molecular formula is C17H13BrN2O4. The smallest absolute Gasteiger partial charge is 0.345 e. The van der Waals surface area contributed by atoms with E-state index in [0.717, 1.165) is 0 Å². The van der Waals surface area contributed by atoms with Gasteiger partial charge in [-0.05, 0) is 47.1 Å².